The number of aryl methyl sites for hydroxylation is 2. The van der Waals surface area contributed by atoms with Crippen molar-refractivity contribution in [3.05, 3.63) is 69.7 Å². The summed E-state index contributed by atoms with van der Waals surface area (Å²) in [6, 6.07) is 15.8. The zero-order valence-electron chi connectivity index (χ0n) is 14.7. The summed E-state index contributed by atoms with van der Waals surface area (Å²) >= 11 is 7.83. The van der Waals surface area contributed by atoms with E-state index in [2.05, 4.69) is 4.98 Å². The maximum Gasteiger partial charge on any atom is 0.268 e. The molecule has 0 radical (unpaired) electrons. The molecule has 1 amide bonds. The number of carbonyl (C=O) groups is 1. The molecule has 0 fully saturated rings. The van der Waals surface area contributed by atoms with E-state index in [0.717, 1.165) is 37.8 Å². The van der Waals surface area contributed by atoms with Crippen molar-refractivity contribution in [1.29, 1.82) is 0 Å². The second-order valence-corrected chi connectivity index (χ2v) is 7.84. The summed E-state index contributed by atoms with van der Waals surface area (Å²) < 4.78 is 0.998. The van der Waals surface area contributed by atoms with Crippen molar-refractivity contribution in [3.8, 4) is 0 Å². The molecule has 0 aliphatic heterocycles. The molecule has 3 nitrogen and oxygen atoms in total. The minimum absolute atomic E-state index is 0.0416. The molecular weight excluding hydrogens is 364 g/mol. The zero-order chi connectivity index (χ0) is 18.4. The summed E-state index contributed by atoms with van der Waals surface area (Å²) in [5.74, 6) is -0.0416. The number of benzene rings is 2. The number of anilines is 1. The largest absolute Gasteiger partial charge is 0.310 e. The van der Waals surface area contributed by atoms with Gasteiger partial charge in [0.25, 0.3) is 5.91 Å². The zero-order valence-corrected chi connectivity index (χ0v) is 16.3. The fourth-order valence-electron chi connectivity index (χ4n) is 3.13. The highest BCUT2D eigenvalue weighted by Gasteiger charge is 2.20. The maximum atomic E-state index is 13.1. The number of thiophene rings is 1. The molecule has 0 unspecified atom stereocenters. The number of rotatable bonds is 2. The van der Waals surface area contributed by atoms with E-state index in [1.54, 1.807) is 4.90 Å². The number of aromatic nitrogens is 1. The molecule has 0 N–H and O–H groups in total. The first kappa shape index (κ1) is 17.0. The fraction of sp³-hybridized carbons (Fsp3) is 0.143. The average Bonchev–Trinajstić information content (AvgIpc) is 3.09. The smallest absolute Gasteiger partial charge is 0.268 e. The van der Waals surface area contributed by atoms with Crippen LogP contribution in [0.2, 0.25) is 5.15 Å². The van der Waals surface area contributed by atoms with Crippen LogP contribution in [-0.2, 0) is 0 Å². The van der Waals surface area contributed by atoms with Crippen molar-refractivity contribution in [2.24, 2.45) is 0 Å². The Labute approximate surface area is 160 Å². The van der Waals surface area contributed by atoms with Gasteiger partial charge in [-0.3, -0.25) is 4.79 Å². The van der Waals surface area contributed by atoms with E-state index in [9.17, 15) is 4.79 Å². The Morgan fingerprint density at radius 1 is 1.08 bits per heavy atom. The summed E-state index contributed by atoms with van der Waals surface area (Å²) in [4.78, 5) is 19.9. The van der Waals surface area contributed by atoms with Crippen LogP contribution in [0.15, 0.2) is 48.5 Å². The van der Waals surface area contributed by atoms with E-state index >= 15 is 0 Å². The molecule has 2 aromatic heterocycles. The number of para-hydroxylation sites is 1. The van der Waals surface area contributed by atoms with Gasteiger partial charge in [-0.25, -0.2) is 4.98 Å². The molecule has 0 bridgehead atoms. The number of pyridine rings is 1. The molecular formula is C21H17ClN2OS. The molecule has 0 aliphatic carbocycles. The first-order valence-electron chi connectivity index (χ1n) is 8.29. The topological polar surface area (TPSA) is 33.2 Å². The Balaban J connectivity index is 1.84. The van der Waals surface area contributed by atoms with Crippen molar-refractivity contribution in [1.82, 2.24) is 4.98 Å². The van der Waals surface area contributed by atoms with Gasteiger partial charge in [0.05, 0.1) is 10.4 Å². The third-order valence-corrected chi connectivity index (χ3v) is 6.01. The molecule has 26 heavy (non-hydrogen) atoms. The molecule has 0 atom stereocenters. The number of fused-ring (bicyclic) bond motifs is 3. The van der Waals surface area contributed by atoms with Crippen molar-refractivity contribution in [3.63, 3.8) is 0 Å². The molecule has 4 aromatic rings. The standard InChI is InChI=1S/C21H17ClN2OS/c1-12-8-9-13(2)17(10-12)24(3)21(25)18-11-15-19(26-18)14-6-4-5-7-16(14)23-20(15)22/h4-11H,1-3H3. The van der Waals surface area contributed by atoms with Crippen LogP contribution in [0.1, 0.15) is 20.8 Å². The highest BCUT2D eigenvalue weighted by atomic mass is 35.5. The normalized spacial score (nSPS) is 11.2. The summed E-state index contributed by atoms with van der Waals surface area (Å²) in [5.41, 5.74) is 3.95. The lowest BCUT2D eigenvalue weighted by Gasteiger charge is -2.19. The van der Waals surface area contributed by atoms with Crippen LogP contribution < -0.4 is 4.90 Å². The average molecular weight is 381 g/mol. The number of amides is 1. The fourth-order valence-corrected chi connectivity index (χ4v) is 4.60. The molecule has 0 saturated carbocycles. The van der Waals surface area contributed by atoms with Crippen LogP contribution in [0.25, 0.3) is 21.0 Å². The molecule has 5 heteroatoms. The second kappa shape index (κ2) is 6.38. The van der Waals surface area contributed by atoms with Crippen LogP contribution >= 0.6 is 22.9 Å². The first-order valence-corrected chi connectivity index (χ1v) is 9.48. The third kappa shape index (κ3) is 2.75. The summed E-state index contributed by atoms with van der Waals surface area (Å²) in [6.07, 6.45) is 0. The number of halogens is 1. The Bertz CT molecular complexity index is 1170. The molecule has 0 saturated heterocycles. The molecule has 4 rings (SSSR count). The Hall–Kier alpha value is -2.43. The van der Waals surface area contributed by atoms with Gasteiger partial charge in [0.1, 0.15) is 5.15 Å². The summed E-state index contributed by atoms with van der Waals surface area (Å²) in [6.45, 7) is 4.04. The van der Waals surface area contributed by atoms with Gasteiger partial charge in [-0.2, -0.15) is 0 Å². The number of carbonyl (C=O) groups excluding carboxylic acids is 1. The number of nitrogens with zero attached hydrogens (tertiary/aromatic N) is 2. The van der Waals surface area contributed by atoms with Gasteiger partial charge in [0.15, 0.2) is 0 Å². The van der Waals surface area contributed by atoms with Crippen molar-refractivity contribution < 1.29 is 4.79 Å². The van der Waals surface area contributed by atoms with E-state index in [1.165, 1.54) is 11.3 Å². The quantitative estimate of drug-likeness (QED) is 0.400. The molecule has 2 aromatic carbocycles. The van der Waals surface area contributed by atoms with E-state index in [1.807, 2.05) is 69.4 Å². The molecule has 130 valence electrons. The lowest BCUT2D eigenvalue weighted by atomic mass is 10.1. The Morgan fingerprint density at radius 3 is 2.65 bits per heavy atom. The van der Waals surface area contributed by atoms with Crippen molar-refractivity contribution in [2.45, 2.75) is 13.8 Å². The van der Waals surface area contributed by atoms with Crippen molar-refractivity contribution >= 4 is 55.5 Å². The lowest BCUT2D eigenvalue weighted by molar-refractivity contribution is 0.0997. The van der Waals surface area contributed by atoms with E-state index < -0.39 is 0 Å². The predicted octanol–water partition coefficient (Wildman–Crippen LogP) is 6.00. The Kier molecular flexibility index (Phi) is 4.17. The van der Waals surface area contributed by atoms with Gasteiger partial charge >= 0.3 is 0 Å². The van der Waals surface area contributed by atoms with Gasteiger partial charge in [0.2, 0.25) is 0 Å². The van der Waals surface area contributed by atoms with Gasteiger partial charge < -0.3 is 4.90 Å². The van der Waals surface area contributed by atoms with Crippen molar-refractivity contribution in [2.75, 3.05) is 11.9 Å². The number of hydrogen-bond acceptors (Lipinski definition) is 3. The van der Waals surface area contributed by atoms with Gasteiger partial charge in [-0.05, 0) is 43.2 Å². The second-order valence-electron chi connectivity index (χ2n) is 6.43. The van der Waals surface area contributed by atoms with Crippen LogP contribution in [-0.4, -0.2) is 17.9 Å². The minimum Gasteiger partial charge on any atom is -0.310 e. The van der Waals surface area contributed by atoms with E-state index in [-0.39, 0.29) is 5.91 Å². The predicted molar refractivity (Wildman–Crippen MR) is 111 cm³/mol. The maximum absolute atomic E-state index is 13.1. The van der Waals surface area contributed by atoms with Crippen LogP contribution in [0.3, 0.4) is 0 Å². The first-order chi connectivity index (χ1) is 12.5. The molecule has 2 heterocycles. The Morgan fingerprint density at radius 2 is 1.85 bits per heavy atom. The van der Waals surface area contributed by atoms with Crippen LogP contribution in [0.5, 0.6) is 0 Å². The molecule has 0 spiro atoms. The lowest BCUT2D eigenvalue weighted by Crippen LogP contribution is -2.26. The third-order valence-electron chi connectivity index (χ3n) is 4.56. The van der Waals surface area contributed by atoms with Gasteiger partial charge in [0, 0.05) is 28.2 Å². The van der Waals surface area contributed by atoms with Crippen LogP contribution in [0, 0.1) is 13.8 Å². The monoisotopic (exact) mass is 380 g/mol. The SMILES string of the molecule is Cc1ccc(C)c(N(C)C(=O)c2cc3c(Cl)nc4ccccc4c3s2)c1. The highest BCUT2D eigenvalue weighted by molar-refractivity contribution is 7.22. The highest BCUT2D eigenvalue weighted by Crippen LogP contribution is 2.36. The number of hydrogen-bond donors (Lipinski definition) is 0. The minimum atomic E-state index is -0.0416. The van der Waals surface area contributed by atoms with Gasteiger partial charge in [-0.1, -0.05) is 41.9 Å². The van der Waals surface area contributed by atoms with Gasteiger partial charge in [-0.15, -0.1) is 11.3 Å². The van der Waals surface area contributed by atoms with E-state index in [0.29, 0.717) is 10.0 Å². The van der Waals surface area contributed by atoms with E-state index in [4.69, 9.17) is 11.6 Å². The summed E-state index contributed by atoms with van der Waals surface area (Å²) in [5, 5.41) is 2.28. The summed E-state index contributed by atoms with van der Waals surface area (Å²) in [7, 11) is 1.81. The molecule has 0 aliphatic rings. The van der Waals surface area contributed by atoms with Crippen LogP contribution in [0.4, 0.5) is 5.69 Å².